The van der Waals surface area contributed by atoms with Crippen LogP contribution in [-0.2, 0) is 0 Å². The molecule has 140 valence electrons. The summed E-state index contributed by atoms with van der Waals surface area (Å²) in [5.41, 5.74) is 3.08. The third kappa shape index (κ3) is 3.28. The molecular weight excluding hydrogens is 376 g/mol. The van der Waals surface area contributed by atoms with Gasteiger partial charge in [-0.15, -0.1) is 11.3 Å². The predicted molar refractivity (Wildman–Crippen MR) is 122 cm³/mol. The molecule has 0 saturated heterocycles. The first-order valence-corrected chi connectivity index (χ1v) is 10.3. The summed E-state index contributed by atoms with van der Waals surface area (Å²) in [6.07, 6.45) is 0. The van der Waals surface area contributed by atoms with Gasteiger partial charge in [0.25, 0.3) is 5.91 Å². The average molecular weight is 394 g/mol. The van der Waals surface area contributed by atoms with Gasteiger partial charge in [0.1, 0.15) is 0 Å². The SMILES string of the molecule is Cc1ccc(-c2cc(C(=O)Nc3cccc4ccccc34)c3ccccc3n2)s1. The smallest absolute Gasteiger partial charge is 0.256 e. The highest BCUT2D eigenvalue weighted by Gasteiger charge is 2.15. The van der Waals surface area contributed by atoms with Crippen LogP contribution in [0.3, 0.4) is 0 Å². The molecule has 0 unspecified atom stereocenters. The minimum absolute atomic E-state index is 0.130. The van der Waals surface area contributed by atoms with Crippen LogP contribution in [0.1, 0.15) is 15.2 Å². The van der Waals surface area contributed by atoms with E-state index in [2.05, 4.69) is 24.4 Å². The van der Waals surface area contributed by atoms with Gasteiger partial charge < -0.3 is 5.32 Å². The molecule has 29 heavy (non-hydrogen) atoms. The van der Waals surface area contributed by atoms with E-state index in [4.69, 9.17) is 4.98 Å². The first-order valence-electron chi connectivity index (χ1n) is 9.45. The Kier molecular flexibility index (Phi) is 4.34. The lowest BCUT2D eigenvalue weighted by atomic mass is 10.1. The number of pyridine rings is 1. The number of carbonyl (C=O) groups excluding carboxylic acids is 1. The first-order chi connectivity index (χ1) is 14.2. The van der Waals surface area contributed by atoms with Gasteiger partial charge in [0.15, 0.2) is 0 Å². The molecule has 0 spiro atoms. The van der Waals surface area contributed by atoms with Crippen LogP contribution in [0.25, 0.3) is 32.2 Å². The highest BCUT2D eigenvalue weighted by molar-refractivity contribution is 7.15. The fourth-order valence-electron chi connectivity index (χ4n) is 3.59. The monoisotopic (exact) mass is 394 g/mol. The molecule has 0 bridgehead atoms. The summed E-state index contributed by atoms with van der Waals surface area (Å²) in [5, 5.41) is 6.08. The maximum Gasteiger partial charge on any atom is 0.256 e. The molecule has 4 heteroatoms. The van der Waals surface area contributed by atoms with Crippen LogP contribution < -0.4 is 5.32 Å². The second kappa shape index (κ2) is 7.15. The van der Waals surface area contributed by atoms with E-state index in [-0.39, 0.29) is 5.91 Å². The summed E-state index contributed by atoms with van der Waals surface area (Å²) >= 11 is 1.68. The number of amides is 1. The van der Waals surface area contributed by atoms with Crippen molar-refractivity contribution in [1.82, 2.24) is 4.98 Å². The van der Waals surface area contributed by atoms with Crippen molar-refractivity contribution in [3.8, 4) is 10.6 Å². The lowest BCUT2D eigenvalue weighted by molar-refractivity contribution is 0.102. The molecule has 0 aliphatic rings. The standard InChI is InChI=1S/C25H18N2OS/c1-16-13-14-24(29-16)23-15-20(19-10-4-5-11-22(19)26-23)25(28)27-21-12-6-8-17-7-2-3-9-18(17)21/h2-15H,1H3,(H,27,28). The van der Waals surface area contributed by atoms with Gasteiger partial charge in [0.2, 0.25) is 0 Å². The number of nitrogens with one attached hydrogen (secondary N) is 1. The second-order valence-electron chi connectivity index (χ2n) is 6.96. The maximum absolute atomic E-state index is 13.3. The third-order valence-corrected chi connectivity index (χ3v) is 6.01. The number of para-hydroxylation sites is 1. The van der Waals surface area contributed by atoms with Crippen LogP contribution in [0.2, 0.25) is 0 Å². The van der Waals surface area contributed by atoms with Crippen LogP contribution in [0.15, 0.2) is 84.9 Å². The molecule has 3 aromatic carbocycles. The van der Waals surface area contributed by atoms with E-state index in [0.29, 0.717) is 5.56 Å². The number of hydrogen-bond donors (Lipinski definition) is 1. The molecule has 2 heterocycles. The fraction of sp³-hybridized carbons (Fsp3) is 0.0400. The molecular formula is C25H18N2OS. The van der Waals surface area contributed by atoms with E-state index < -0.39 is 0 Å². The molecule has 2 aromatic heterocycles. The van der Waals surface area contributed by atoms with Crippen molar-refractivity contribution in [1.29, 1.82) is 0 Å². The summed E-state index contributed by atoms with van der Waals surface area (Å²) in [6.45, 7) is 2.07. The Labute approximate surface area is 172 Å². The predicted octanol–water partition coefficient (Wildman–Crippen LogP) is 6.68. The molecule has 1 amide bonds. The van der Waals surface area contributed by atoms with E-state index in [9.17, 15) is 4.79 Å². The number of anilines is 1. The zero-order valence-electron chi connectivity index (χ0n) is 15.8. The highest BCUT2D eigenvalue weighted by Crippen LogP contribution is 2.31. The van der Waals surface area contributed by atoms with Crippen LogP contribution >= 0.6 is 11.3 Å². The van der Waals surface area contributed by atoms with Crippen LogP contribution in [0, 0.1) is 6.92 Å². The van der Waals surface area contributed by atoms with Crippen molar-refractivity contribution in [2.24, 2.45) is 0 Å². The van der Waals surface area contributed by atoms with E-state index in [1.54, 1.807) is 11.3 Å². The number of hydrogen-bond acceptors (Lipinski definition) is 3. The quantitative estimate of drug-likeness (QED) is 0.371. The number of fused-ring (bicyclic) bond motifs is 2. The Bertz CT molecular complexity index is 1360. The normalized spacial score (nSPS) is 11.1. The zero-order valence-corrected chi connectivity index (χ0v) is 16.7. The largest absolute Gasteiger partial charge is 0.321 e. The van der Waals surface area contributed by atoms with Crippen molar-refractivity contribution in [2.45, 2.75) is 6.92 Å². The number of rotatable bonds is 3. The number of nitrogens with zero attached hydrogens (tertiary/aromatic N) is 1. The van der Waals surface area contributed by atoms with Gasteiger partial charge in [-0.05, 0) is 42.6 Å². The number of carbonyl (C=O) groups is 1. The molecule has 0 aliphatic carbocycles. The molecule has 0 fully saturated rings. The Balaban J connectivity index is 1.62. The van der Waals surface area contributed by atoms with Gasteiger partial charge in [0.05, 0.1) is 21.7 Å². The Morgan fingerprint density at radius 3 is 2.45 bits per heavy atom. The van der Waals surface area contributed by atoms with Gasteiger partial charge in [-0.25, -0.2) is 4.98 Å². The van der Waals surface area contributed by atoms with Crippen molar-refractivity contribution < 1.29 is 4.79 Å². The number of aromatic nitrogens is 1. The second-order valence-corrected chi connectivity index (χ2v) is 8.25. The van der Waals surface area contributed by atoms with Crippen LogP contribution in [0.5, 0.6) is 0 Å². The summed E-state index contributed by atoms with van der Waals surface area (Å²) in [6, 6.07) is 27.8. The molecule has 5 rings (SSSR count). The lowest BCUT2D eigenvalue weighted by Gasteiger charge is -2.12. The molecule has 0 saturated carbocycles. The topological polar surface area (TPSA) is 42.0 Å². The van der Waals surface area contributed by atoms with E-state index in [0.717, 1.165) is 37.9 Å². The van der Waals surface area contributed by atoms with Crippen molar-refractivity contribution in [3.05, 3.63) is 95.4 Å². The maximum atomic E-state index is 13.3. The summed E-state index contributed by atoms with van der Waals surface area (Å²) in [4.78, 5) is 20.4. The Hall–Kier alpha value is -3.50. The van der Waals surface area contributed by atoms with Crippen molar-refractivity contribution in [2.75, 3.05) is 5.32 Å². The Morgan fingerprint density at radius 1 is 0.862 bits per heavy atom. The molecule has 0 atom stereocenters. The molecule has 1 N–H and O–H groups in total. The van der Waals surface area contributed by atoms with Gasteiger partial charge in [-0.2, -0.15) is 0 Å². The average Bonchev–Trinajstić information content (AvgIpc) is 3.19. The first kappa shape index (κ1) is 17.6. The fourth-order valence-corrected chi connectivity index (χ4v) is 4.41. The van der Waals surface area contributed by atoms with Gasteiger partial charge >= 0.3 is 0 Å². The van der Waals surface area contributed by atoms with Crippen LogP contribution in [-0.4, -0.2) is 10.9 Å². The van der Waals surface area contributed by atoms with E-state index in [1.165, 1.54) is 4.88 Å². The number of thiophene rings is 1. The lowest BCUT2D eigenvalue weighted by Crippen LogP contribution is -2.13. The van der Waals surface area contributed by atoms with E-state index >= 15 is 0 Å². The number of benzene rings is 3. The molecule has 5 aromatic rings. The minimum Gasteiger partial charge on any atom is -0.321 e. The van der Waals surface area contributed by atoms with Crippen LogP contribution in [0.4, 0.5) is 5.69 Å². The Morgan fingerprint density at radius 2 is 1.62 bits per heavy atom. The van der Waals surface area contributed by atoms with Gasteiger partial charge in [0, 0.05) is 21.3 Å². The van der Waals surface area contributed by atoms with E-state index in [1.807, 2.05) is 72.8 Å². The van der Waals surface area contributed by atoms with Crippen molar-refractivity contribution in [3.63, 3.8) is 0 Å². The summed E-state index contributed by atoms with van der Waals surface area (Å²) < 4.78 is 0. The third-order valence-electron chi connectivity index (χ3n) is 4.99. The summed E-state index contributed by atoms with van der Waals surface area (Å²) in [5.74, 6) is -0.130. The number of aryl methyl sites for hydroxylation is 1. The zero-order chi connectivity index (χ0) is 19.8. The highest BCUT2D eigenvalue weighted by atomic mass is 32.1. The van der Waals surface area contributed by atoms with Crippen molar-refractivity contribution >= 4 is 44.6 Å². The molecule has 0 aliphatic heterocycles. The minimum atomic E-state index is -0.130. The van der Waals surface area contributed by atoms with Gasteiger partial charge in [-0.1, -0.05) is 54.6 Å². The van der Waals surface area contributed by atoms with Gasteiger partial charge in [-0.3, -0.25) is 4.79 Å². The molecule has 3 nitrogen and oxygen atoms in total. The summed E-state index contributed by atoms with van der Waals surface area (Å²) in [7, 11) is 0. The molecule has 0 radical (unpaired) electrons.